The molecule has 0 aromatic carbocycles. The predicted octanol–water partition coefficient (Wildman–Crippen LogP) is 2.80. The lowest BCUT2D eigenvalue weighted by molar-refractivity contribution is -0.118. The molecule has 3 heteroatoms. The Labute approximate surface area is 87.7 Å². The number of hydrogen-bond acceptors (Lipinski definition) is 3. The van der Waals surface area contributed by atoms with E-state index in [1.807, 2.05) is 0 Å². The van der Waals surface area contributed by atoms with Gasteiger partial charge in [0.1, 0.15) is 10.8 Å². The molecule has 0 bridgehead atoms. The number of aryl methyl sites for hydroxylation is 1. The van der Waals surface area contributed by atoms with E-state index in [1.54, 1.807) is 24.3 Å². The highest BCUT2D eigenvalue weighted by Crippen LogP contribution is 2.35. The van der Waals surface area contributed by atoms with Gasteiger partial charge in [0.15, 0.2) is 0 Å². The molecule has 1 aromatic heterocycles. The minimum absolute atomic E-state index is 0.0451. The molecule has 2 rings (SSSR count). The Bertz CT molecular complexity index is 381. The number of carbonyl (C=O) groups excluding carboxylic acids is 1. The second kappa shape index (κ2) is 3.65. The fourth-order valence-corrected chi connectivity index (χ4v) is 2.94. The Kier molecular flexibility index (Phi) is 2.50. The maximum Gasteiger partial charge on any atom is 0.138 e. The SMILES string of the molecule is C=Cc1nc2c(s1)CCCC2C(C)=O. The van der Waals surface area contributed by atoms with Gasteiger partial charge in [0.25, 0.3) is 0 Å². The summed E-state index contributed by atoms with van der Waals surface area (Å²) in [4.78, 5) is 17.1. The third kappa shape index (κ3) is 1.52. The van der Waals surface area contributed by atoms with E-state index in [9.17, 15) is 4.79 Å². The van der Waals surface area contributed by atoms with Crippen LogP contribution in [0.2, 0.25) is 0 Å². The largest absolute Gasteiger partial charge is 0.299 e. The van der Waals surface area contributed by atoms with Crippen LogP contribution in [-0.4, -0.2) is 10.8 Å². The van der Waals surface area contributed by atoms with Crippen LogP contribution >= 0.6 is 11.3 Å². The molecular weight excluding hydrogens is 194 g/mol. The molecule has 0 radical (unpaired) electrons. The zero-order valence-electron chi connectivity index (χ0n) is 8.25. The zero-order valence-corrected chi connectivity index (χ0v) is 9.06. The highest BCUT2D eigenvalue weighted by atomic mass is 32.1. The van der Waals surface area contributed by atoms with Crippen LogP contribution in [0.4, 0.5) is 0 Å². The molecule has 0 saturated heterocycles. The van der Waals surface area contributed by atoms with E-state index in [4.69, 9.17) is 0 Å². The van der Waals surface area contributed by atoms with Gasteiger partial charge in [0, 0.05) is 4.88 Å². The molecule has 1 aliphatic carbocycles. The van der Waals surface area contributed by atoms with Gasteiger partial charge in [-0.1, -0.05) is 6.58 Å². The van der Waals surface area contributed by atoms with E-state index >= 15 is 0 Å². The van der Waals surface area contributed by atoms with Gasteiger partial charge in [0.2, 0.25) is 0 Å². The summed E-state index contributed by atoms with van der Waals surface area (Å²) < 4.78 is 0. The third-order valence-corrected chi connectivity index (χ3v) is 3.76. The number of nitrogens with zero attached hydrogens (tertiary/aromatic N) is 1. The summed E-state index contributed by atoms with van der Waals surface area (Å²) in [6.45, 7) is 5.37. The zero-order chi connectivity index (χ0) is 10.1. The summed E-state index contributed by atoms with van der Waals surface area (Å²) >= 11 is 1.68. The highest BCUT2D eigenvalue weighted by molar-refractivity contribution is 7.12. The number of fused-ring (bicyclic) bond motifs is 1. The van der Waals surface area contributed by atoms with Gasteiger partial charge in [0.05, 0.1) is 11.6 Å². The number of thiazole rings is 1. The van der Waals surface area contributed by atoms with Gasteiger partial charge in [-0.25, -0.2) is 4.98 Å². The summed E-state index contributed by atoms with van der Waals surface area (Å²) in [6.07, 6.45) is 4.91. The molecule has 74 valence electrons. The summed E-state index contributed by atoms with van der Waals surface area (Å²) in [5.41, 5.74) is 1.02. The molecule has 0 saturated carbocycles. The Balaban J connectivity index is 2.42. The van der Waals surface area contributed by atoms with Crippen LogP contribution in [0.25, 0.3) is 6.08 Å². The van der Waals surface area contributed by atoms with E-state index in [-0.39, 0.29) is 11.7 Å². The number of carbonyl (C=O) groups is 1. The van der Waals surface area contributed by atoms with Crippen molar-refractivity contribution in [2.75, 3.05) is 0 Å². The minimum Gasteiger partial charge on any atom is -0.299 e. The van der Waals surface area contributed by atoms with Crippen LogP contribution in [0, 0.1) is 0 Å². The van der Waals surface area contributed by atoms with Crippen LogP contribution in [0.1, 0.15) is 41.3 Å². The fraction of sp³-hybridized carbons (Fsp3) is 0.455. The number of rotatable bonds is 2. The number of Topliss-reactive ketones (excluding diaryl/α,β-unsaturated/α-hetero) is 1. The van der Waals surface area contributed by atoms with Crippen molar-refractivity contribution in [3.05, 3.63) is 22.2 Å². The standard InChI is InChI=1S/C11H13NOS/c1-3-10-12-11-8(7(2)13)5-4-6-9(11)14-10/h3,8H,1,4-6H2,2H3. The molecular formula is C11H13NOS. The molecule has 0 N–H and O–H groups in total. The van der Waals surface area contributed by atoms with Gasteiger partial charge >= 0.3 is 0 Å². The lowest BCUT2D eigenvalue weighted by atomic mass is 9.88. The Morgan fingerprint density at radius 1 is 1.71 bits per heavy atom. The van der Waals surface area contributed by atoms with Crippen molar-refractivity contribution >= 4 is 23.2 Å². The summed E-state index contributed by atoms with van der Waals surface area (Å²) in [5, 5.41) is 0.947. The lowest BCUT2D eigenvalue weighted by Crippen LogP contribution is -2.15. The molecule has 1 heterocycles. The van der Waals surface area contributed by atoms with Crippen LogP contribution in [0.3, 0.4) is 0 Å². The molecule has 0 aliphatic heterocycles. The van der Waals surface area contributed by atoms with Gasteiger partial charge < -0.3 is 0 Å². The maximum absolute atomic E-state index is 11.4. The number of hydrogen-bond donors (Lipinski definition) is 0. The van der Waals surface area contributed by atoms with Crippen molar-refractivity contribution in [3.63, 3.8) is 0 Å². The van der Waals surface area contributed by atoms with E-state index in [2.05, 4.69) is 11.6 Å². The van der Waals surface area contributed by atoms with E-state index < -0.39 is 0 Å². The van der Waals surface area contributed by atoms with Gasteiger partial charge in [-0.05, 0) is 32.3 Å². The molecule has 1 aliphatic rings. The van der Waals surface area contributed by atoms with E-state index in [0.717, 1.165) is 30.0 Å². The molecule has 0 spiro atoms. The van der Waals surface area contributed by atoms with Crippen molar-refractivity contribution in [2.45, 2.75) is 32.1 Å². The first-order valence-electron chi connectivity index (χ1n) is 4.85. The summed E-state index contributed by atoms with van der Waals surface area (Å²) in [7, 11) is 0. The Morgan fingerprint density at radius 3 is 3.14 bits per heavy atom. The predicted molar refractivity (Wildman–Crippen MR) is 58.6 cm³/mol. The van der Waals surface area contributed by atoms with Crippen LogP contribution in [-0.2, 0) is 11.2 Å². The molecule has 0 amide bonds. The molecule has 1 aromatic rings. The van der Waals surface area contributed by atoms with Gasteiger partial charge in [-0.3, -0.25) is 4.79 Å². The highest BCUT2D eigenvalue weighted by Gasteiger charge is 2.27. The van der Waals surface area contributed by atoms with Crippen molar-refractivity contribution < 1.29 is 4.79 Å². The first-order valence-corrected chi connectivity index (χ1v) is 5.66. The van der Waals surface area contributed by atoms with Crippen molar-refractivity contribution in [1.29, 1.82) is 0 Å². The monoisotopic (exact) mass is 207 g/mol. The van der Waals surface area contributed by atoms with Gasteiger partial charge in [-0.15, -0.1) is 11.3 Å². The van der Waals surface area contributed by atoms with Crippen LogP contribution < -0.4 is 0 Å². The maximum atomic E-state index is 11.4. The Hall–Kier alpha value is -0.960. The summed E-state index contributed by atoms with van der Waals surface area (Å²) in [5.74, 6) is 0.288. The quantitative estimate of drug-likeness (QED) is 0.746. The second-order valence-corrected chi connectivity index (χ2v) is 4.74. The normalized spacial score (nSPS) is 20.2. The second-order valence-electron chi connectivity index (χ2n) is 3.62. The Morgan fingerprint density at radius 2 is 2.50 bits per heavy atom. The smallest absolute Gasteiger partial charge is 0.138 e. The molecule has 14 heavy (non-hydrogen) atoms. The van der Waals surface area contributed by atoms with E-state index in [0.29, 0.717) is 0 Å². The summed E-state index contributed by atoms with van der Waals surface area (Å²) in [6, 6.07) is 0. The van der Waals surface area contributed by atoms with Crippen molar-refractivity contribution in [2.24, 2.45) is 0 Å². The average molecular weight is 207 g/mol. The molecule has 1 atom stereocenters. The van der Waals surface area contributed by atoms with E-state index in [1.165, 1.54) is 4.88 Å². The van der Waals surface area contributed by atoms with Crippen molar-refractivity contribution in [3.8, 4) is 0 Å². The molecule has 2 nitrogen and oxygen atoms in total. The third-order valence-electron chi connectivity index (χ3n) is 2.64. The molecule has 1 unspecified atom stereocenters. The minimum atomic E-state index is 0.0451. The number of ketones is 1. The van der Waals surface area contributed by atoms with Crippen molar-refractivity contribution in [1.82, 2.24) is 4.98 Å². The number of aromatic nitrogens is 1. The topological polar surface area (TPSA) is 30.0 Å². The first kappa shape index (κ1) is 9.59. The molecule has 0 fully saturated rings. The van der Waals surface area contributed by atoms with Crippen LogP contribution in [0.15, 0.2) is 6.58 Å². The fourth-order valence-electron chi connectivity index (χ4n) is 1.92. The lowest BCUT2D eigenvalue weighted by Gasteiger charge is -2.17. The average Bonchev–Trinajstić information content (AvgIpc) is 2.59. The van der Waals surface area contributed by atoms with Crippen LogP contribution in [0.5, 0.6) is 0 Å². The van der Waals surface area contributed by atoms with Gasteiger partial charge in [-0.2, -0.15) is 0 Å². The first-order chi connectivity index (χ1) is 6.72.